The normalized spacial score (nSPS) is 23.1. The quantitative estimate of drug-likeness (QED) is 0.800. The van der Waals surface area contributed by atoms with E-state index in [2.05, 4.69) is 0 Å². The van der Waals surface area contributed by atoms with E-state index in [9.17, 15) is 14.4 Å². The second kappa shape index (κ2) is 6.38. The molecule has 2 amide bonds. The van der Waals surface area contributed by atoms with Gasteiger partial charge in [-0.05, 0) is 12.1 Å². The summed E-state index contributed by atoms with van der Waals surface area (Å²) in [5.41, 5.74) is 0.721. The van der Waals surface area contributed by atoms with E-state index < -0.39 is 0 Å². The van der Waals surface area contributed by atoms with Gasteiger partial charge in [0.2, 0.25) is 11.8 Å². The van der Waals surface area contributed by atoms with Crippen LogP contribution in [0.2, 0.25) is 0 Å². The lowest BCUT2D eigenvalue weighted by molar-refractivity contribution is -0.138. The van der Waals surface area contributed by atoms with E-state index in [0.29, 0.717) is 57.2 Å². The summed E-state index contributed by atoms with van der Waals surface area (Å²) in [7, 11) is 0. The van der Waals surface area contributed by atoms with Crippen molar-refractivity contribution in [3.63, 3.8) is 0 Å². The predicted molar refractivity (Wildman–Crippen MR) is 88.7 cm³/mol. The Morgan fingerprint density at radius 2 is 1.76 bits per heavy atom. The maximum atomic E-state index is 12.7. The molecule has 7 heteroatoms. The number of rotatable bonds is 2. The molecule has 3 aliphatic rings. The third kappa shape index (κ3) is 3.06. The standard InChI is InChI=1S/C18H20N2O5/c21-14-3-5-19(6-4-14)18(23)12-9-17(22)20(11-12)13-1-2-15-16(10-13)25-8-7-24-15/h1-2,10,12H,3-9,11H2/t12-/m1/s1. The van der Waals surface area contributed by atoms with Crippen LogP contribution in [0.3, 0.4) is 0 Å². The number of ether oxygens (including phenoxy) is 2. The Morgan fingerprint density at radius 1 is 1.04 bits per heavy atom. The molecular weight excluding hydrogens is 324 g/mol. The molecule has 0 spiro atoms. The van der Waals surface area contributed by atoms with Crippen LogP contribution < -0.4 is 14.4 Å². The Kier molecular flexibility index (Phi) is 4.07. The smallest absolute Gasteiger partial charge is 0.228 e. The zero-order chi connectivity index (χ0) is 17.4. The summed E-state index contributed by atoms with van der Waals surface area (Å²) in [6, 6.07) is 5.40. The number of anilines is 1. The summed E-state index contributed by atoms with van der Waals surface area (Å²) >= 11 is 0. The van der Waals surface area contributed by atoms with Gasteiger partial charge in [-0.2, -0.15) is 0 Å². The molecule has 1 aromatic carbocycles. The molecule has 2 fully saturated rings. The van der Waals surface area contributed by atoms with Crippen molar-refractivity contribution in [2.75, 3.05) is 37.7 Å². The van der Waals surface area contributed by atoms with Crippen molar-refractivity contribution in [1.82, 2.24) is 4.90 Å². The molecular formula is C18H20N2O5. The van der Waals surface area contributed by atoms with E-state index in [1.807, 2.05) is 6.07 Å². The molecule has 4 rings (SSSR count). The predicted octanol–water partition coefficient (Wildman–Crippen LogP) is 1.00. The number of carbonyl (C=O) groups excluding carboxylic acids is 3. The van der Waals surface area contributed by atoms with Crippen molar-refractivity contribution in [3.05, 3.63) is 18.2 Å². The summed E-state index contributed by atoms with van der Waals surface area (Å²) < 4.78 is 11.1. The zero-order valence-corrected chi connectivity index (χ0v) is 13.9. The molecule has 25 heavy (non-hydrogen) atoms. The van der Waals surface area contributed by atoms with Crippen LogP contribution >= 0.6 is 0 Å². The summed E-state index contributed by atoms with van der Waals surface area (Å²) in [4.78, 5) is 39.8. The van der Waals surface area contributed by atoms with Crippen molar-refractivity contribution in [3.8, 4) is 11.5 Å². The number of hydrogen-bond acceptors (Lipinski definition) is 5. The molecule has 2 saturated heterocycles. The SMILES string of the molecule is O=C1CCN(C(=O)[C@@H]2CC(=O)N(c3ccc4c(c3)OCCO4)C2)CC1. The van der Waals surface area contributed by atoms with Gasteiger partial charge in [-0.25, -0.2) is 0 Å². The molecule has 3 heterocycles. The molecule has 0 unspecified atom stereocenters. The van der Waals surface area contributed by atoms with Gasteiger partial charge in [0.25, 0.3) is 0 Å². The summed E-state index contributed by atoms with van der Waals surface area (Å²) in [6.45, 7) is 2.30. The van der Waals surface area contributed by atoms with Crippen LogP contribution in [0.15, 0.2) is 18.2 Å². The van der Waals surface area contributed by atoms with E-state index >= 15 is 0 Å². The van der Waals surface area contributed by atoms with Crippen LogP contribution in [0.1, 0.15) is 19.3 Å². The maximum Gasteiger partial charge on any atom is 0.228 e. The van der Waals surface area contributed by atoms with E-state index in [-0.39, 0.29) is 29.9 Å². The van der Waals surface area contributed by atoms with Crippen LogP contribution in [-0.4, -0.2) is 55.3 Å². The molecule has 0 N–H and O–H groups in total. The fourth-order valence-corrected chi connectivity index (χ4v) is 3.56. The monoisotopic (exact) mass is 344 g/mol. The molecule has 3 aliphatic heterocycles. The first-order chi connectivity index (χ1) is 12.1. The number of fused-ring (bicyclic) bond motifs is 1. The highest BCUT2D eigenvalue weighted by molar-refractivity contribution is 6.00. The minimum absolute atomic E-state index is 0.0270. The molecule has 0 bridgehead atoms. The molecule has 7 nitrogen and oxygen atoms in total. The third-order valence-electron chi connectivity index (χ3n) is 4.94. The lowest BCUT2D eigenvalue weighted by Crippen LogP contribution is -2.42. The van der Waals surface area contributed by atoms with E-state index in [0.717, 1.165) is 5.69 Å². The highest BCUT2D eigenvalue weighted by Gasteiger charge is 2.38. The fraction of sp³-hybridized carbons (Fsp3) is 0.500. The third-order valence-corrected chi connectivity index (χ3v) is 4.94. The number of likely N-dealkylation sites (tertiary alicyclic amines) is 1. The molecule has 0 aliphatic carbocycles. The molecule has 132 valence electrons. The lowest BCUT2D eigenvalue weighted by atomic mass is 10.0. The number of benzene rings is 1. The highest BCUT2D eigenvalue weighted by atomic mass is 16.6. The summed E-state index contributed by atoms with van der Waals surface area (Å²) in [5, 5.41) is 0. The van der Waals surface area contributed by atoms with Crippen molar-refractivity contribution in [2.45, 2.75) is 19.3 Å². The van der Waals surface area contributed by atoms with Crippen LogP contribution in [0.4, 0.5) is 5.69 Å². The average molecular weight is 344 g/mol. The first-order valence-electron chi connectivity index (χ1n) is 8.62. The number of piperidine rings is 1. The Morgan fingerprint density at radius 3 is 2.52 bits per heavy atom. The number of Topliss-reactive ketones (excluding diaryl/α,β-unsaturated/α-hetero) is 1. The Hall–Kier alpha value is -2.57. The lowest BCUT2D eigenvalue weighted by Gasteiger charge is -2.28. The van der Waals surface area contributed by atoms with Gasteiger partial charge < -0.3 is 19.3 Å². The van der Waals surface area contributed by atoms with Gasteiger partial charge in [-0.3, -0.25) is 14.4 Å². The minimum atomic E-state index is -0.353. The molecule has 1 aromatic rings. The van der Waals surface area contributed by atoms with Crippen LogP contribution in [0.25, 0.3) is 0 Å². The van der Waals surface area contributed by atoms with Crippen LogP contribution in [0, 0.1) is 5.92 Å². The molecule has 0 aromatic heterocycles. The van der Waals surface area contributed by atoms with Gasteiger partial charge in [0.15, 0.2) is 11.5 Å². The van der Waals surface area contributed by atoms with Gasteiger partial charge in [0.1, 0.15) is 19.0 Å². The Labute approximate surface area is 145 Å². The number of carbonyl (C=O) groups is 3. The van der Waals surface area contributed by atoms with Gasteiger partial charge in [0.05, 0.1) is 5.92 Å². The van der Waals surface area contributed by atoms with Crippen molar-refractivity contribution in [2.24, 2.45) is 5.92 Å². The number of ketones is 1. The first kappa shape index (κ1) is 15.9. The topological polar surface area (TPSA) is 76.2 Å². The Balaban J connectivity index is 1.47. The largest absolute Gasteiger partial charge is 0.486 e. The summed E-state index contributed by atoms with van der Waals surface area (Å²) in [6.07, 6.45) is 1.04. The Bertz CT molecular complexity index is 722. The number of nitrogens with zero attached hydrogens (tertiary/aromatic N) is 2. The van der Waals surface area contributed by atoms with Crippen LogP contribution in [0.5, 0.6) is 11.5 Å². The van der Waals surface area contributed by atoms with Gasteiger partial charge in [-0.1, -0.05) is 0 Å². The van der Waals surface area contributed by atoms with E-state index in [1.54, 1.807) is 21.9 Å². The molecule has 0 saturated carbocycles. The number of hydrogen-bond donors (Lipinski definition) is 0. The average Bonchev–Trinajstić information content (AvgIpc) is 3.03. The van der Waals surface area contributed by atoms with Gasteiger partial charge in [-0.15, -0.1) is 0 Å². The second-order valence-corrected chi connectivity index (χ2v) is 6.60. The van der Waals surface area contributed by atoms with Crippen molar-refractivity contribution in [1.29, 1.82) is 0 Å². The van der Waals surface area contributed by atoms with E-state index in [4.69, 9.17) is 9.47 Å². The van der Waals surface area contributed by atoms with Gasteiger partial charge in [0, 0.05) is 50.7 Å². The van der Waals surface area contributed by atoms with Gasteiger partial charge >= 0.3 is 0 Å². The number of amides is 2. The van der Waals surface area contributed by atoms with E-state index in [1.165, 1.54) is 0 Å². The summed E-state index contributed by atoms with van der Waals surface area (Å²) in [5.74, 6) is 1.05. The fourth-order valence-electron chi connectivity index (χ4n) is 3.56. The molecule has 0 radical (unpaired) electrons. The van der Waals surface area contributed by atoms with Crippen molar-refractivity contribution < 1.29 is 23.9 Å². The minimum Gasteiger partial charge on any atom is -0.486 e. The van der Waals surface area contributed by atoms with Crippen molar-refractivity contribution >= 4 is 23.3 Å². The second-order valence-electron chi connectivity index (χ2n) is 6.60. The highest BCUT2D eigenvalue weighted by Crippen LogP contribution is 2.36. The zero-order valence-electron chi connectivity index (χ0n) is 13.9. The van der Waals surface area contributed by atoms with Crippen LogP contribution in [-0.2, 0) is 14.4 Å². The first-order valence-corrected chi connectivity index (χ1v) is 8.62. The maximum absolute atomic E-state index is 12.7. The molecule has 1 atom stereocenters.